The number of nitrogens with one attached hydrogen (secondary N) is 3. The SMILES string of the molecule is C.COc1cc(Nc2nccc(=O)[nH]2)cc(OC)c1OC.CSc1nccc(=O)[nH]1. The van der Waals surface area contributed by atoms with Crippen molar-refractivity contribution in [2.45, 2.75) is 12.6 Å². The Hall–Kier alpha value is -3.47. The first kappa shape index (κ1) is 24.6. The lowest BCUT2D eigenvalue weighted by atomic mass is 10.2. The molecule has 1 aromatic carbocycles. The molecule has 0 saturated carbocycles. The van der Waals surface area contributed by atoms with E-state index in [1.165, 1.54) is 57.6 Å². The van der Waals surface area contributed by atoms with Gasteiger partial charge in [0.25, 0.3) is 11.1 Å². The zero-order chi connectivity index (χ0) is 21.2. The van der Waals surface area contributed by atoms with E-state index in [9.17, 15) is 9.59 Å². The van der Waals surface area contributed by atoms with Crippen molar-refractivity contribution in [2.75, 3.05) is 32.9 Å². The number of benzene rings is 1. The summed E-state index contributed by atoms with van der Waals surface area (Å²) in [6.07, 6.45) is 4.77. The molecular weight excluding hydrogens is 410 g/mol. The van der Waals surface area contributed by atoms with E-state index in [1.807, 2.05) is 6.26 Å². The van der Waals surface area contributed by atoms with Gasteiger partial charge in [-0.15, -0.1) is 0 Å². The second-order valence-corrected chi connectivity index (χ2v) is 6.06. The second kappa shape index (κ2) is 12.2. The van der Waals surface area contributed by atoms with E-state index in [-0.39, 0.29) is 18.5 Å². The largest absolute Gasteiger partial charge is 0.493 e. The molecule has 0 aliphatic rings. The van der Waals surface area contributed by atoms with Gasteiger partial charge in [0, 0.05) is 42.3 Å². The number of aromatic nitrogens is 4. The quantitative estimate of drug-likeness (QED) is 0.395. The Labute approximate surface area is 178 Å². The summed E-state index contributed by atoms with van der Waals surface area (Å²) in [6, 6.07) is 6.16. The van der Waals surface area contributed by atoms with Crippen LogP contribution in [0.3, 0.4) is 0 Å². The first-order chi connectivity index (χ1) is 14.0. The summed E-state index contributed by atoms with van der Waals surface area (Å²) in [6.45, 7) is 0. The molecule has 10 nitrogen and oxygen atoms in total. The molecule has 0 bridgehead atoms. The topological polar surface area (TPSA) is 131 Å². The third-order valence-electron chi connectivity index (χ3n) is 3.44. The maximum Gasteiger partial charge on any atom is 0.252 e. The van der Waals surface area contributed by atoms with E-state index in [4.69, 9.17) is 14.2 Å². The van der Waals surface area contributed by atoms with Crippen LogP contribution >= 0.6 is 11.8 Å². The Bertz CT molecular complexity index is 1030. The van der Waals surface area contributed by atoms with Crippen LogP contribution < -0.4 is 30.6 Å². The minimum absolute atomic E-state index is 0. The second-order valence-electron chi connectivity index (χ2n) is 5.27. The molecule has 0 radical (unpaired) electrons. The minimum Gasteiger partial charge on any atom is -0.493 e. The molecule has 30 heavy (non-hydrogen) atoms. The first-order valence-electron chi connectivity index (χ1n) is 8.22. The molecule has 0 aliphatic carbocycles. The van der Waals surface area contributed by atoms with Gasteiger partial charge in [-0.1, -0.05) is 19.2 Å². The van der Waals surface area contributed by atoms with Crippen molar-refractivity contribution >= 4 is 23.4 Å². The van der Waals surface area contributed by atoms with E-state index in [2.05, 4.69) is 25.3 Å². The fourth-order valence-corrected chi connectivity index (χ4v) is 2.55. The van der Waals surface area contributed by atoms with Crippen LogP contribution in [0.25, 0.3) is 0 Å². The molecule has 3 N–H and O–H groups in total. The number of thioether (sulfide) groups is 1. The Morgan fingerprint density at radius 3 is 1.90 bits per heavy atom. The smallest absolute Gasteiger partial charge is 0.252 e. The van der Waals surface area contributed by atoms with E-state index in [0.717, 1.165) is 0 Å². The number of nitrogens with zero attached hydrogens (tertiary/aromatic N) is 2. The van der Waals surface area contributed by atoms with Gasteiger partial charge in [0.1, 0.15) is 0 Å². The van der Waals surface area contributed by atoms with Crippen LogP contribution in [-0.4, -0.2) is 47.5 Å². The summed E-state index contributed by atoms with van der Waals surface area (Å²) >= 11 is 1.42. The number of hydrogen-bond donors (Lipinski definition) is 3. The molecule has 2 aromatic heterocycles. The summed E-state index contributed by atoms with van der Waals surface area (Å²) in [5, 5.41) is 3.62. The van der Waals surface area contributed by atoms with Gasteiger partial charge in [-0.05, 0) is 6.26 Å². The molecule has 2 heterocycles. The predicted molar refractivity (Wildman–Crippen MR) is 118 cm³/mol. The fourth-order valence-electron chi connectivity index (χ4n) is 2.18. The highest BCUT2D eigenvalue weighted by molar-refractivity contribution is 7.98. The third kappa shape index (κ3) is 6.85. The molecule has 0 fully saturated rings. The van der Waals surface area contributed by atoms with Crippen LogP contribution in [0.15, 0.2) is 51.4 Å². The maximum absolute atomic E-state index is 11.2. The van der Waals surface area contributed by atoms with Crippen LogP contribution in [0.5, 0.6) is 17.2 Å². The maximum atomic E-state index is 11.2. The van der Waals surface area contributed by atoms with E-state index in [0.29, 0.717) is 34.0 Å². The number of ether oxygens (including phenoxy) is 3. The summed E-state index contributed by atoms with van der Waals surface area (Å²) in [5.74, 6) is 1.84. The number of anilines is 2. The standard InChI is InChI=1S/C13H15N3O4.C5H6N2OS.CH4/c1-18-9-6-8(7-10(19-2)12(9)20-3)15-13-14-5-4-11(17)16-13;1-9-5-6-3-2-4(8)7-5;/h4-7H,1-3H3,(H2,14,15,16,17);2-3H,1H3,(H,6,7,8);1H4. The highest BCUT2D eigenvalue weighted by Gasteiger charge is 2.13. The van der Waals surface area contributed by atoms with Gasteiger partial charge in [0.05, 0.1) is 21.3 Å². The monoisotopic (exact) mass is 435 g/mol. The predicted octanol–water partition coefficient (Wildman–Crippen LogP) is 2.67. The highest BCUT2D eigenvalue weighted by Crippen LogP contribution is 2.40. The highest BCUT2D eigenvalue weighted by atomic mass is 32.2. The third-order valence-corrected chi connectivity index (χ3v) is 4.03. The normalized spacial score (nSPS) is 9.47. The number of hydrogen-bond acceptors (Lipinski definition) is 9. The van der Waals surface area contributed by atoms with Gasteiger partial charge in [0.2, 0.25) is 11.7 Å². The van der Waals surface area contributed by atoms with Crippen LogP contribution in [-0.2, 0) is 0 Å². The van der Waals surface area contributed by atoms with Gasteiger partial charge in [-0.3, -0.25) is 14.6 Å². The van der Waals surface area contributed by atoms with Crippen molar-refractivity contribution in [3.8, 4) is 17.2 Å². The lowest BCUT2D eigenvalue weighted by molar-refractivity contribution is 0.324. The minimum atomic E-state index is -0.241. The van der Waals surface area contributed by atoms with E-state index < -0.39 is 0 Å². The van der Waals surface area contributed by atoms with Crippen molar-refractivity contribution in [2.24, 2.45) is 0 Å². The van der Waals surface area contributed by atoms with Gasteiger partial charge in [-0.2, -0.15) is 0 Å². The molecule has 0 atom stereocenters. The molecule has 0 spiro atoms. The van der Waals surface area contributed by atoms with Crippen molar-refractivity contribution in [1.29, 1.82) is 0 Å². The van der Waals surface area contributed by atoms with Gasteiger partial charge < -0.3 is 24.5 Å². The van der Waals surface area contributed by atoms with Crippen LogP contribution in [0.4, 0.5) is 11.6 Å². The summed E-state index contributed by atoms with van der Waals surface area (Å²) < 4.78 is 15.7. The molecule has 0 saturated heterocycles. The average Bonchev–Trinajstić information content (AvgIpc) is 2.73. The van der Waals surface area contributed by atoms with Crippen LogP contribution in [0.2, 0.25) is 0 Å². The summed E-state index contributed by atoms with van der Waals surface area (Å²) in [5.41, 5.74) is 0.304. The molecule has 0 amide bonds. The molecular formula is C19H25N5O5S. The number of H-pyrrole nitrogens is 2. The summed E-state index contributed by atoms with van der Waals surface area (Å²) in [7, 11) is 4.59. The van der Waals surface area contributed by atoms with Gasteiger partial charge >= 0.3 is 0 Å². The van der Waals surface area contributed by atoms with E-state index >= 15 is 0 Å². The van der Waals surface area contributed by atoms with Crippen LogP contribution in [0, 0.1) is 0 Å². The number of aromatic amines is 2. The van der Waals surface area contributed by atoms with Gasteiger partial charge in [-0.25, -0.2) is 9.97 Å². The first-order valence-corrected chi connectivity index (χ1v) is 9.44. The Morgan fingerprint density at radius 1 is 0.900 bits per heavy atom. The Balaban J connectivity index is 0.000000379. The molecule has 3 aromatic rings. The zero-order valence-corrected chi connectivity index (χ0v) is 17.1. The molecule has 162 valence electrons. The van der Waals surface area contributed by atoms with Crippen molar-refractivity contribution in [1.82, 2.24) is 19.9 Å². The van der Waals surface area contributed by atoms with E-state index in [1.54, 1.807) is 12.1 Å². The van der Waals surface area contributed by atoms with Crippen molar-refractivity contribution < 1.29 is 14.2 Å². The average molecular weight is 436 g/mol. The number of rotatable bonds is 6. The zero-order valence-electron chi connectivity index (χ0n) is 16.3. The van der Waals surface area contributed by atoms with Crippen molar-refractivity contribution in [3.63, 3.8) is 0 Å². The van der Waals surface area contributed by atoms with Gasteiger partial charge in [0.15, 0.2) is 16.7 Å². The molecule has 0 aliphatic heterocycles. The lowest BCUT2D eigenvalue weighted by Gasteiger charge is -2.14. The molecule has 11 heteroatoms. The van der Waals surface area contributed by atoms with Crippen molar-refractivity contribution in [3.05, 3.63) is 57.4 Å². The number of methoxy groups -OCH3 is 3. The Kier molecular flexibility index (Phi) is 9.97. The molecule has 3 rings (SSSR count). The Morgan fingerprint density at radius 2 is 1.47 bits per heavy atom. The molecule has 0 unspecified atom stereocenters. The van der Waals surface area contributed by atoms with Crippen LogP contribution in [0.1, 0.15) is 7.43 Å². The lowest BCUT2D eigenvalue weighted by Crippen LogP contribution is -2.08. The fraction of sp³-hybridized carbons (Fsp3) is 0.263. The summed E-state index contributed by atoms with van der Waals surface area (Å²) in [4.78, 5) is 34.8.